The molecule has 0 aliphatic carbocycles. The van der Waals surface area contributed by atoms with Crippen LogP contribution in [0, 0.1) is 0 Å². The number of nitrogens with zero attached hydrogens (tertiary/aromatic N) is 3. The largest absolute Gasteiger partial charge is 0.416 e. The van der Waals surface area contributed by atoms with Crippen molar-refractivity contribution >= 4 is 17.3 Å². The van der Waals surface area contributed by atoms with E-state index in [9.17, 15) is 13.2 Å². The number of halogens is 3. The van der Waals surface area contributed by atoms with Crippen molar-refractivity contribution in [3.63, 3.8) is 0 Å². The molecule has 1 aliphatic rings. The van der Waals surface area contributed by atoms with Crippen molar-refractivity contribution in [1.29, 1.82) is 0 Å². The minimum absolute atomic E-state index is 0.184. The highest BCUT2D eigenvalue weighted by atomic mass is 19.4. The van der Waals surface area contributed by atoms with Gasteiger partial charge < -0.3 is 15.2 Å². The van der Waals surface area contributed by atoms with Gasteiger partial charge >= 0.3 is 6.18 Å². The Morgan fingerprint density at radius 2 is 1.89 bits per heavy atom. The van der Waals surface area contributed by atoms with E-state index in [0.29, 0.717) is 29.6 Å². The Morgan fingerprint density at radius 3 is 2.44 bits per heavy atom. The summed E-state index contributed by atoms with van der Waals surface area (Å²) >= 11 is 0. The predicted octanol–water partition coefficient (Wildman–Crippen LogP) is 4.65. The Balaban J connectivity index is 1.80. The maximum atomic E-state index is 12.8. The fourth-order valence-electron chi connectivity index (χ4n) is 3.10. The summed E-state index contributed by atoms with van der Waals surface area (Å²) in [5.41, 5.74) is 6.05. The summed E-state index contributed by atoms with van der Waals surface area (Å²) in [4.78, 5) is 6.35. The molecule has 0 bridgehead atoms. The lowest BCUT2D eigenvalue weighted by Gasteiger charge is -2.26. The van der Waals surface area contributed by atoms with E-state index in [4.69, 9.17) is 10.3 Å². The van der Waals surface area contributed by atoms with Gasteiger partial charge in [0.2, 0.25) is 0 Å². The summed E-state index contributed by atoms with van der Waals surface area (Å²) < 4.78 is 43.6. The van der Waals surface area contributed by atoms with Gasteiger partial charge in [-0.15, -0.1) is 0 Å². The zero-order valence-corrected chi connectivity index (χ0v) is 15.5. The molecule has 1 unspecified atom stereocenters. The number of rotatable bonds is 3. The number of hydrogen-bond donors (Lipinski definition) is 1. The standard InChI is InChI=1S/C19H23F3N4O/c1-18(2,3)15-11-16(25-27-15)24-17(23)14-5-4-10-26(14)13-8-6-12(7-9-13)19(20,21)22/h6-9,11,14H,4-5,10H2,1-3H3,(H2,23,24,25). The highest BCUT2D eigenvalue weighted by Gasteiger charge is 2.32. The molecule has 0 saturated carbocycles. The number of alkyl halides is 3. The second-order valence-corrected chi connectivity index (χ2v) is 7.73. The number of benzene rings is 1. The Morgan fingerprint density at radius 1 is 1.22 bits per heavy atom. The van der Waals surface area contributed by atoms with Crippen molar-refractivity contribution in [2.45, 2.75) is 51.2 Å². The first kappa shape index (κ1) is 19.3. The van der Waals surface area contributed by atoms with E-state index in [0.717, 1.165) is 25.0 Å². The van der Waals surface area contributed by atoms with Crippen LogP contribution in [0.25, 0.3) is 0 Å². The van der Waals surface area contributed by atoms with Gasteiger partial charge in [-0.05, 0) is 37.1 Å². The van der Waals surface area contributed by atoms with Crippen molar-refractivity contribution in [2.75, 3.05) is 11.4 Å². The first-order valence-electron chi connectivity index (χ1n) is 8.81. The van der Waals surface area contributed by atoms with Gasteiger partial charge in [-0.25, -0.2) is 4.99 Å². The summed E-state index contributed by atoms with van der Waals surface area (Å²) in [6.45, 7) is 6.73. The molecule has 27 heavy (non-hydrogen) atoms. The van der Waals surface area contributed by atoms with Crippen LogP contribution in [0.1, 0.15) is 44.9 Å². The zero-order chi connectivity index (χ0) is 19.8. The summed E-state index contributed by atoms with van der Waals surface area (Å²) in [5, 5.41) is 3.94. The quantitative estimate of drug-likeness (QED) is 0.622. The van der Waals surface area contributed by atoms with Crippen LogP contribution in [0.5, 0.6) is 0 Å². The fourth-order valence-corrected chi connectivity index (χ4v) is 3.10. The molecule has 8 heteroatoms. The number of amidine groups is 1. The molecule has 0 radical (unpaired) electrons. The topological polar surface area (TPSA) is 67.7 Å². The number of nitrogens with two attached hydrogens (primary N) is 1. The highest BCUT2D eigenvalue weighted by Crippen LogP contribution is 2.33. The van der Waals surface area contributed by atoms with Gasteiger partial charge in [0, 0.05) is 23.7 Å². The van der Waals surface area contributed by atoms with Crippen LogP contribution in [0.15, 0.2) is 39.8 Å². The first-order chi connectivity index (χ1) is 12.6. The van der Waals surface area contributed by atoms with Crippen LogP contribution in [0.3, 0.4) is 0 Å². The molecule has 1 aliphatic heterocycles. The van der Waals surface area contributed by atoms with Crippen LogP contribution in [0.4, 0.5) is 24.7 Å². The lowest BCUT2D eigenvalue weighted by atomic mass is 9.93. The molecule has 3 rings (SSSR count). The Hall–Kier alpha value is -2.51. The second-order valence-electron chi connectivity index (χ2n) is 7.73. The molecule has 1 atom stereocenters. The number of aliphatic imine (C=N–C) groups is 1. The van der Waals surface area contributed by atoms with Crippen molar-refractivity contribution in [3.05, 3.63) is 41.7 Å². The molecule has 146 valence electrons. The maximum absolute atomic E-state index is 12.8. The molecule has 1 aromatic heterocycles. The maximum Gasteiger partial charge on any atom is 0.416 e. The van der Waals surface area contributed by atoms with Crippen LogP contribution < -0.4 is 10.6 Å². The van der Waals surface area contributed by atoms with Gasteiger partial charge in [-0.1, -0.05) is 25.9 Å². The fraction of sp³-hybridized carbons (Fsp3) is 0.474. The minimum Gasteiger partial charge on any atom is -0.385 e. The summed E-state index contributed by atoms with van der Waals surface area (Å²) in [7, 11) is 0. The lowest BCUT2D eigenvalue weighted by Crippen LogP contribution is -2.40. The van der Waals surface area contributed by atoms with E-state index in [1.807, 2.05) is 25.7 Å². The first-order valence-corrected chi connectivity index (χ1v) is 8.81. The molecule has 2 aromatic rings. The summed E-state index contributed by atoms with van der Waals surface area (Å²) in [5.74, 6) is 1.48. The summed E-state index contributed by atoms with van der Waals surface area (Å²) in [6, 6.07) is 6.70. The lowest BCUT2D eigenvalue weighted by molar-refractivity contribution is -0.137. The molecule has 5 nitrogen and oxygen atoms in total. The van der Waals surface area contributed by atoms with E-state index < -0.39 is 11.7 Å². The average molecular weight is 380 g/mol. The van der Waals surface area contributed by atoms with Crippen molar-refractivity contribution < 1.29 is 17.7 Å². The van der Waals surface area contributed by atoms with Crippen LogP contribution >= 0.6 is 0 Å². The number of hydrogen-bond acceptors (Lipinski definition) is 4. The SMILES string of the molecule is CC(C)(C)c1cc(N=C(N)C2CCCN2c2ccc(C(F)(F)F)cc2)no1. The van der Waals surface area contributed by atoms with Gasteiger partial charge in [-0.2, -0.15) is 13.2 Å². The normalized spacial score (nSPS) is 19.0. The molecule has 1 aromatic carbocycles. The van der Waals surface area contributed by atoms with E-state index in [1.165, 1.54) is 12.1 Å². The number of anilines is 1. The van der Waals surface area contributed by atoms with Crippen molar-refractivity contribution in [2.24, 2.45) is 10.7 Å². The summed E-state index contributed by atoms with van der Waals surface area (Å²) in [6.07, 6.45) is -2.69. The zero-order valence-electron chi connectivity index (χ0n) is 15.5. The molecule has 0 spiro atoms. The minimum atomic E-state index is -4.35. The molecular weight excluding hydrogens is 357 g/mol. The molecule has 1 fully saturated rings. The van der Waals surface area contributed by atoms with Gasteiger partial charge in [-0.3, -0.25) is 0 Å². The van der Waals surface area contributed by atoms with Gasteiger partial charge in [0.1, 0.15) is 11.6 Å². The van der Waals surface area contributed by atoms with Gasteiger partial charge in [0.15, 0.2) is 5.82 Å². The monoisotopic (exact) mass is 380 g/mol. The third kappa shape index (κ3) is 4.26. The average Bonchev–Trinajstić information content (AvgIpc) is 3.22. The molecule has 1 saturated heterocycles. The third-order valence-electron chi connectivity index (χ3n) is 4.60. The third-order valence-corrected chi connectivity index (χ3v) is 4.60. The predicted molar refractivity (Wildman–Crippen MR) is 98.3 cm³/mol. The van der Waals surface area contributed by atoms with Gasteiger partial charge in [0.25, 0.3) is 0 Å². The van der Waals surface area contributed by atoms with Crippen LogP contribution in [-0.2, 0) is 11.6 Å². The molecular formula is C19H23F3N4O. The number of aromatic nitrogens is 1. The second kappa shape index (κ2) is 6.90. The molecule has 2 N–H and O–H groups in total. The van der Waals surface area contributed by atoms with Crippen LogP contribution in [0.2, 0.25) is 0 Å². The highest BCUT2D eigenvalue weighted by molar-refractivity contribution is 5.91. The smallest absolute Gasteiger partial charge is 0.385 e. The van der Waals surface area contributed by atoms with Gasteiger partial charge in [0.05, 0.1) is 11.6 Å². The molecule has 0 amide bonds. The Labute approximate surface area is 156 Å². The molecule has 2 heterocycles. The van der Waals surface area contributed by atoms with E-state index in [2.05, 4.69) is 10.1 Å². The van der Waals surface area contributed by atoms with E-state index >= 15 is 0 Å². The Kier molecular flexibility index (Phi) is 4.92. The van der Waals surface area contributed by atoms with Crippen molar-refractivity contribution in [1.82, 2.24) is 5.16 Å². The van der Waals surface area contributed by atoms with Crippen LogP contribution in [-0.4, -0.2) is 23.6 Å². The van der Waals surface area contributed by atoms with E-state index in [-0.39, 0.29) is 11.5 Å². The van der Waals surface area contributed by atoms with Crippen molar-refractivity contribution in [3.8, 4) is 0 Å². The van der Waals surface area contributed by atoms with E-state index in [1.54, 1.807) is 6.07 Å². The Bertz CT molecular complexity index is 819.